The Balaban J connectivity index is 2.16. The van der Waals surface area contributed by atoms with Gasteiger partial charge in [0.25, 0.3) is 5.91 Å². The molecule has 0 radical (unpaired) electrons. The molecule has 2 aromatic rings. The van der Waals surface area contributed by atoms with Crippen molar-refractivity contribution >= 4 is 51.3 Å². The highest BCUT2D eigenvalue weighted by Gasteiger charge is 2.22. The number of nitrogens with one attached hydrogen (secondary N) is 1. The first-order valence-corrected chi connectivity index (χ1v) is 7.16. The minimum absolute atomic E-state index is 0.228. The zero-order chi connectivity index (χ0) is 15.0. The van der Waals surface area contributed by atoms with E-state index in [2.05, 4.69) is 5.32 Å². The molecule has 0 bridgehead atoms. The number of fused-ring (bicyclic) bond motifs is 1. The van der Waals surface area contributed by atoms with Crippen molar-refractivity contribution in [2.45, 2.75) is 0 Å². The van der Waals surface area contributed by atoms with E-state index in [0.717, 1.165) is 11.8 Å². The summed E-state index contributed by atoms with van der Waals surface area (Å²) in [6.45, 7) is 0. The number of methoxy groups -OCH3 is 1. The molecule has 0 spiro atoms. The van der Waals surface area contributed by atoms with Crippen LogP contribution in [0.1, 0.15) is 5.56 Å². The lowest BCUT2D eigenvalue weighted by molar-refractivity contribution is -0.115. The van der Waals surface area contributed by atoms with Gasteiger partial charge in [0, 0.05) is 0 Å². The summed E-state index contributed by atoms with van der Waals surface area (Å²) in [5.41, 5.74) is 0.443. The van der Waals surface area contributed by atoms with Crippen molar-refractivity contribution in [3.8, 4) is 5.75 Å². The molecular formula is C14H9NO4S2. The summed E-state index contributed by atoms with van der Waals surface area (Å²) in [5.74, 6) is 0.174. The summed E-state index contributed by atoms with van der Waals surface area (Å²) in [6, 6.07) is 5.07. The Kier molecular flexibility index (Phi) is 3.52. The lowest BCUT2D eigenvalue weighted by Crippen LogP contribution is -2.17. The highest BCUT2D eigenvalue weighted by atomic mass is 32.2. The monoisotopic (exact) mass is 319 g/mol. The van der Waals surface area contributed by atoms with Crippen molar-refractivity contribution in [3.05, 3.63) is 45.2 Å². The maximum atomic E-state index is 12.4. The second kappa shape index (κ2) is 5.34. The molecule has 1 aromatic carbocycles. The molecule has 2 heterocycles. The summed E-state index contributed by atoms with van der Waals surface area (Å²) in [5, 5.41) is 2.89. The smallest absolute Gasteiger partial charge is 0.263 e. The van der Waals surface area contributed by atoms with Gasteiger partial charge >= 0.3 is 0 Å². The zero-order valence-corrected chi connectivity index (χ0v) is 12.5. The number of ether oxygens (including phenoxy) is 1. The molecule has 1 aromatic heterocycles. The third-order valence-corrected chi connectivity index (χ3v) is 4.10. The van der Waals surface area contributed by atoms with E-state index < -0.39 is 0 Å². The first kappa shape index (κ1) is 13.8. The fourth-order valence-electron chi connectivity index (χ4n) is 1.97. The Morgan fingerprint density at radius 3 is 2.86 bits per heavy atom. The number of amides is 1. The van der Waals surface area contributed by atoms with Crippen molar-refractivity contribution in [2.75, 3.05) is 7.11 Å². The van der Waals surface area contributed by atoms with Crippen molar-refractivity contribution in [2.24, 2.45) is 0 Å². The van der Waals surface area contributed by atoms with E-state index in [9.17, 15) is 9.59 Å². The van der Waals surface area contributed by atoms with E-state index in [-0.39, 0.29) is 16.9 Å². The van der Waals surface area contributed by atoms with Crippen LogP contribution in [0, 0.1) is 0 Å². The third-order valence-electron chi connectivity index (χ3n) is 2.94. The van der Waals surface area contributed by atoms with Crippen molar-refractivity contribution in [1.82, 2.24) is 5.32 Å². The molecule has 21 heavy (non-hydrogen) atoms. The van der Waals surface area contributed by atoms with Gasteiger partial charge in [-0.1, -0.05) is 30.0 Å². The third kappa shape index (κ3) is 2.45. The van der Waals surface area contributed by atoms with Crippen molar-refractivity contribution in [3.63, 3.8) is 0 Å². The zero-order valence-electron chi connectivity index (χ0n) is 10.8. The Labute approximate surface area is 129 Å². The van der Waals surface area contributed by atoms with E-state index in [0.29, 0.717) is 25.9 Å². The fraction of sp³-hybridized carbons (Fsp3) is 0.0714. The van der Waals surface area contributed by atoms with Gasteiger partial charge in [-0.2, -0.15) is 0 Å². The molecule has 1 aliphatic rings. The number of benzene rings is 1. The van der Waals surface area contributed by atoms with Crippen molar-refractivity contribution in [1.29, 1.82) is 0 Å². The lowest BCUT2D eigenvalue weighted by Gasteiger charge is -2.04. The van der Waals surface area contributed by atoms with Crippen LogP contribution in [-0.2, 0) is 4.79 Å². The number of para-hydroxylation sites is 1. The highest BCUT2D eigenvalue weighted by Crippen LogP contribution is 2.27. The molecule has 1 fully saturated rings. The number of hydrogen-bond donors (Lipinski definition) is 1. The van der Waals surface area contributed by atoms with E-state index >= 15 is 0 Å². The molecule has 106 valence electrons. The van der Waals surface area contributed by atoms with Crippen LogP contribution in [0.15, 0.2) is 38.6 Å². The fourth-order valence-corrected chi connectivity index (χ4v) is 3.01. The second-order valence-electron chi connectivity index (χ2n) is 4.21. The minimum atomic E-state index is -0.310. The van der Waals surface area contributed by atoms with Gasteiger partial charge in [-0.05, 0) is 18.2 Å². The maximum absolute atomic E-state index is 12.4. The Bertz CT molecular complexity index is 854. The highest BCUT2D eigenvalue weighted by molar-refractivity contribution is 8.26. The Morgan fingerprint density at radius 1 is 1.38 bits per heavy atom. The number of carbonyl (C=O) groups excluding carboxylic acids is 1. The van der Waals surface area contributed by atoms with E-state index in [1.807, 2.05) is 0 Å². The van der Waals surface area contributed by atoms with E-state index in [4.69, 9.17) is 21.4 Å². The van der Waals surface area contributed by atoms with Gasteiger partial charge in [-0.15, -0.1) is 0 Å². The molecule has 3 rings (SSSR count). The number of thiocarbonyl (C=S) groups is 1. The quantitative estimate of drug-likeness (QED) is 0.676. The van der Waals surface area contributed by atoms with Crippen LogP contribution in [-0.4, -0.2) is 17.3 Å². The molecule has 7 heteroatoms. The van der Waals surface area contributed by atoms with Gasteiger partial charge in [0.1, 0.15) is 10.6 Å². The predicted octanol–water partition coefficient (Wildman–Crippen LogP) is 2.29. The molecule has 0 unspecified atom stereocenters. The molecule has 1 saturated heterocycles. The normalized spacial score (nSPS) is 16.5. The Morgan fingerprint density at radius 2 is 2.19 bits per heavy atom. The molecule has 0 saturated carbocycles. The number of hydrogen-bond acceptors (Lipinski definition) is 6. The molecule has 1 N–H and O–H groups in total. The largest absolute Gasteiger partial charge is 0.493 e. The number of thioether (sulfide) groups is 1. The standard InChI is InChI=1S/C14H9NO4S2/c1-18-9-4-2-3-8-11(16)7(6-19-12(8)9)5-10-13(17)15-14(20)21-10/h2-6H,1H3,(H,15,17,20)/b10-5-. The molecule has 0 aliphatic carbocycles. The number of carbonyl (C=O) groups is 1. The van der Waals surface area contributed by atoms with Crippen LogP contribution in [0.3, 0.4) is 0 Å². The topological polar surface area (TPSA) is 68.5 Å². The van der Waals surface area contributed by atoms with Crippen LogP contribution in [0.25, 0.3) is 17.0 Å². The average molecular weight is 319 g/mol. The lowest BCUT2D eigenvalue weighted by atomic mass is 10.1. The average Bonchev–Trinajstić information content (AvgIpc) is 2.79. The summed E-state index contributed by atoms with van der Waals surface area (Å²) >= 11 is 6.02. The summed E-state index contributed by atoms with van der Waals surface area (Å²) in [7, 11) is 1.51. The van der Waals surface area contributed by atoms with Gasteiger partial charge in [-0.25, -0.2) is 0 Å². The van der Waals surface area contributed by atoms with Crippen LogP contribution >= 0.6 is 24.0 Å². The Hall–Kier alpha value is -2.12. The molecule has 0 atom stereocenters. The minimum Gasteiger partial charge on any atom is -0.493 e. The maximum Gasteiger partial charge on any atom is 0.263 e. The first-order valence-electron chi connectivity index (χ1n) is 5.93. The van der Waals surface area contributed by atoms with Crippen LogP contribution in [0.4, 0.5) is 0 Å². The van der Waals surface area contributed by atoms with Gasteiger partial charge in [-0.3, -0.25) is 9.59 Å². The van der Waals surface area contributed by atoms with E-state index in [1.165, 1.54) is 19.4 Å². The molecule has 1 amide bonds. The number of rotatable bonds is 2. The molecule has 5 nitrogen and oxygen atoms in total. The second-order valence-corrected chi connectivity index (χ2v) is 5.93. The van der Waals surface area contributed by atoms with Crippen LogP contribution in [0.5, 0.6) is 5.75 Å². The van der Waals surface area contributed by atoms with Gasteiger partial charge in [0.05, 0.1) is 23.0 Å². The summed E-state index contributed by atoms with van der Waals surface area (Å²) in [4.78, 5) is 24.4. The predicted molar refractivity (Wildman–Crippen MR) is 85.3 cm³/mol. The molecular weight excluding hydrogens is 310 g/mol. The van der Waals surface area contributed by atoms with Gasteiger partial charge < -0.3 is 14.5 Å². The molecule has 1 aliphatic heterocycles. The van der Waals surface area contributed by atoms with E-state index in [1.54, 1.807) is 18.2 Å². The van der Waals surface area contributed by atoms with Gasteiger partial charge in [0.2, 0.25) is 0 Å². The van der Waals surface area contributed by atoms with Crippen molar-refractivity contribution < 1.29 is 13.9 Å². The van der Waals surface area contributed by atoms with Crippen LogP contribution in [0.2, 0.25) is 0 Å². The van der Waals surface area contributed by atoms with Crippen LogP contribution < -0.4 is 15.5 Å². The van der Waals surface area contributed by atoms with Gasteiger partial charge in [0.15, 0.2) is 16.8 Å². The first-order chi connectivity index (χ1) is 10.1. The summed E-state index contributed by atoms with van der Waals surface area (Å²) in [6.07, 6.45) is 2.79. The SMILES string of the molecule is COc1cccc2c(=O)c(/C=C3\SC(=S)NC3=O)coc12. The summed E-state index contributed by atoms with van der Waals surface area (Å²) < 4.78 is 11.0.